The first-order chi connectivity index (χ1) is 7.70. The van der Waals surface area contributed by atoms with Gasteiger partial charge in [0, 0.05) is 16.5 Å². The molecule has 3 N–H and O–H groups in total. The van der Waals surface area contributed by atoms with Crippen molar-refractivity contribution in [2.24, 2.45) is 5.73 Å². The van der Waals surface area contributed by atoms with E-state index in [2.05, 4.69) is 4.37 Å². The number of nitrogens with two attached hydrogens (primary N) is 1. The molecule has 0 saturated carbocycles. The lowest BCUT2D eigenvalue weighted by molar-refractivity contribution is -0.138. The maximum Gasteiger partial charge on any atom is 0.325 e. The molecule has 2 aromatic rings. The van der Waals surface area contributed by atoms with Crippen molar-refractivity contribution in [3.63, 3.8) is 0 Å². The largest absolute Gasteiger partial charge is 0.480 e. The standard InChI is InChI=1S/C11H10N2O2S/c12-9(11(14)15)8-6-16-13-10(8)7-4-2-1-3-5-7/h1-6,9H,12H2,(H,14,15). The van der Waals surface area contributed by atoms with Crippen molar-refractivity contribution in [3.05, 3.63) is 41.3 Å². The Labute approximate surface area is 96.5 Å². The van der Waals surface area contributed by atoms with Crippen LogP contribution in [0.1, 0.15) is 11.6 Å². The van der Waals surface area contributed by atoms with Gasteiger partial charge in [0.15, 0.2) is 0 Å². The molecule has 1 heterocycles. The van der Waals surface area contributed by atoms with Gasteiger partial charge in [-0.15, -0.1) is 0 Å². The number of hydrogen-bond donors (Lipinski definition) is 2. The van der Waals surface area contributed by atoms with Gasteiger partial charge in [0.2, 0.25) is 0 Å². The van der Waals surface area contributed by atoms with Crippen LogP contribution in [-0.2, 0) is 4.79 Å². The van der Waals surface area contributed by atoms with E-state index in [4.69, 9.17) is 10.8 Å². The topological polar surface area (TPSA) is 76.2 Å². The number of hydrogen-bond acceptors (Lipinski definition) is 4. The Kier molecular flexibility index (Phi) is 2.98. The number of carbonyl (C=O) groups is 1. The smallest absolute Gasteiger partial charge is 0.325 e. The van der Waals surface area contributed by atoms with Gasteiger partial charge in [-0.1, -0.05) is 30.3 Å². The Bertz CT molecular complexity index is 496. The zero-order valence-electron chi connectivity index (χ0n) is 8.33. The van der Waals surface area contributed by atoms with Crippen LogP contribution >= 0.6 is 11.5 Å². The molecule has 1 aromatic carbocycles. The highest BCUT2D eigenvalue weighted by Gasteiger charge is 2.20. The van der Waals surface area contributed by atoms with Gasteiger partial charge in [0.1, 0.15) is 6.04 Å². The van der Waals surface area contributed by atoms with Crippen LogP contribution in [0.5, 0.6) is 0 Å². The molecule has 0 bridgehead atoms. The second-order valence-corrected chi connectivity index (χ2v) is 3.93. The van der Waals surface area contributed by atoms with Crippen LogP contribution in [0.25, 0.3) is 11.3 Å². The van der Waals surface area contributed by atoms with E-state index in [1.165, 1.54) is 11.5 Å². The molecule has 0 aliphatic rings. The predicted molar refractivity (Wildman–Crippen MR) is 62.1 cm³/mol. The minimum Gasteiger partial charge on any atom is -0.480 e. The van der Waals surface area contributed by atoms with Gasteiger partial charge in [-0.05, 0) is 11.5 Å². The Morgan fingerprint density at radius 2 is 2.06 bits per heavy atom. The number of aliphatic carboxylic acids is 1. The van der Waals surface area contributed by atoms with Crippen molar-refractivity contribution in [1.29, 1.82) is 0 Å². The van der Waals surface area contributed by atoms with Crippen LogP contribution in [-0.4, -0.2) is 15.4 Å². The summed E-state index contributed by atoms with van der Waals surface area (Å²) >= 11 is 1.21. The number of aromatic nitrogens is 1. The summed E-state index contributed by atoms with van der Waals surface area (Å²) in [5.74, 6) is -1.04. The summed E-state index contributed by atoms with van der Waals surface area (Å²) < 4.78 is 4.19. The van der Waals surface area contributed by atoms with Crippen LogP contribution in [0, 0.1) is 0 Å². The third kappa shape index (κ3) is 1.95. The zero-order chi connectivity index (χ0) is 11.5. The average molecular weight is 234 g/mol. The van der Waals surface area contributed by atoms with Gasteiger partial charge in [0.05, 0.1) is 5.69 Å². The van der Waals surface area contributed by atoms with Gasteiger partial charge < -0.3 is 10.8 Å². The molecule has 1 unspecified atom stereocenters. The van der Waals surface area contributed by atoms with Crippen molar-refractivity contribution >= 4 is 17.5 Å². The lowest BCUT2D eigenvalue weighted by atomic mass is 10.0. The quantitative estimate of drug-likeness (QED) is 0.850. The minimum atomic E-state index is -1.04. The van der Waals surface area contributed by atoms with E-state index >= 15 is 0 Å². The van der Waals surface area contributed by atoms with Gasteiger partial charge in [-0.3, -0.25) is 4.79 Å². The van der Waals surface area contributed by atoms with Crippen molar-refractivity contribution in [2.45, 2.75) is 6.04 Å². The van der Waals surface area contributed by atoms with Gasteiger partial charge in [-0.25, -0.2) is 0 Å². The van der Waals surface area contributed by atoms with E-state index in [0.29, 0.717) is 11.3 Å². The third-order valence-corrected chi connectivity index (χ3v) is 2.89. The highest BCUT2D eigenvalue weighted by Crippen LogP contribution is 2.27. The Balaban J connectivity index is 2.44. The summed E-state index contributed by atoms with van der Waals surface area (Å²) in [6, 6.07) is 8.40. The van der Waals surface area contributed by atoms with Gasteiger partial charge in [0.25, 0.3) is 0 Å². The maximum atomic E-state index is 10.8. The Morgan fingerprint density at radius 3 is 2.69 bits per heavy atom. The van der Waals surface area contributed by atoms with Crippen molar-refractivity contribution in [1.82, 2.24) is 4.37 Å². The molecular weight excluding hydrogens is 224 g/mol. The molecule has 4 nitrogen and oxygen atoms in total. The fraction of sp³-hybridized carbons (Fsp3) is 0.0909. The summed E-state index contributed by atoms with van der Waals surface area (Å²) in [5, 5.41) is 10.6. The molecule has 0 spiro atoms. The van der Waals surface area contributed by atoms with Crippen LogP contribution in [0.3, 0.4) is 0 Å². The molecule has 2 rings (SSSR count). The maximum absolute atomic E-state index is 10.8. The van der Waals surface area contributed by atoms with E-state index < -0.39 is 12.0 Å². The highest BCUT2D eigenvalue weighted by atomic mass is 32.1. The molecule has 0 aliphatic heterocycles. The van der Waals surface area contributed by atoms with Crippen molar-refractivity contribution in [3.8, 4) is 11.3 Å². The van der Waals surface area contributed by atoms with E-state index in [1.54, 1.807) is 5.38 Å². The fourth-order valence-electron chi connectivity index (χ4n) is 1.41. The van der Waals surface area contributed by atoms with Crippen LogP contribution in [0.15, 0.2) is 35.7 Å². The molecule has 0 fully saturated rings. The molecule has 82 valence electrons. The monoisotopic (exact) mass is 234 g/mol. The normalized spacial score (nSPS) is 12.3. The number of rotatable bonds is 3. The summed E-state index contributed by atoms with van der Waals surface area (Å²) in [6.45, 7) is 0. The molecule has 0 aliphatic carbocycles. The second kappa shape index (κ2) is 4.42. The van der Waals surface area contributed by atoms with E-state index in [-0.39, 0.29) is 0 Å². The second-order valence-electron chi connectivity index (χ2n) is 3.30. The van der Waals surface area contributed by atoms with Crippen LogP contribution in [0.2, 0.25) is 0 Å². The van der Waals surface area contributed by atoms with E-state index in [0.717, 1.165) is 5.56 Å². The number of carboxylic acid groups (broad SMARTS) is 1. The SMILES string of the molecule is NC(C(=O)O)c1csnc1-c1ccccc1. The Hall–Kier alpha value is -1.72. The first-order valence-electron chi connectivity index (χ1n) is 4.68. The summed E-state index contributed by atoms with van der Waals surface area (Å²) in [6.07, 6.45) is 0. The molecule has 0 amide bonds. The lowest BCUT2D eigenvalue weighted by Gasteiger charge is -2.06. The molecule has 0 radical (unpaired) electrons. The fourth-order valence-corrected chi connectivity index (χ4v) is 2.15. The average Bonchev–Trinajstić information content (AvgIpc) is 2.77. The first-order valence-corrected chi connectivity index (χ1v) is 5.52. The zero-order valence-corrected chi connectivity index (χ0v) is 9.15. The molecule has 5 heteroatoms. The van der Waals surface area contributed by atoms with Crippen molar-refractivity contribution < 1.29 is 9.90 Å². The summed E-state index contributed by atoms with van der Waals surface area (Å²) in [7, 11) is 0. The third-order valence-electron chi connectivity index (χ3n) is 2.25. The van der Waals surface area contributed by atoms with Gasteiger partial charge in [-0.2, -0.15) is 4.37 Å². The highest BCUT2D eigenvalue weighted by molar-refractivity contribution is 7.04. The summed E-state index contributed by atoms with van der Waals surface area (Å²) in [5.41, 5.74) is 7.68. The minimum absolute atomic E-state index is 0.559. The Morgan fingerprint density at radius 1 is 1.38 bits per heavy atom. The summed E-state index contributed by atoms with van der Waals surface area (Å²) in [4.78, 5) is 10.8. The van der Waals surface area contributed by atoms with E-state index in [1.807, 2.05) is 30.3 Å². The molecule has 1 aromatic heterocycles. The first kappa shape index (κ1) is 10.8. The number of nitrogens with zero attached hydrogens (tertiary/aromatic N) is 1. The molecule has 1 atom stereocenters. The van der Waals surface area contributed by atoms with E-state index in [9.17, 15) is 4.79 Å². The van der Waals surface area contributed by atoms with Crippen LogP contribution < -0.4 is 5.73 Å². The molecule has 16 heavy (non-hydrogen) atoms. The lowest BCUT2D eigenvalue weighted by Crippen LogP contribution is -2.20. The predicted octanol–water partition coefficient (Wildman–Crippen LogP) is 1.89. The van der Waals surface area contributed by atoms with Crippen LogP contribution in [0.4, 0.5) is 0 Å². The molecule has 0 saturated heterocycles. The van der Waals surface area contributed by atoms with Gasteiger partial charge >= 0.3 is 5.97 Å². The van der Waals surface area contributed by atoms with Crippen molar-refractivity contribution in [2.75, 3.05) is 0 Å². The number of benzene rings is 1. The molecular formula is C11H10N2O2S. The number of carboxylic acids is 1.